The standard InChI is InChI=1S/C15H11Cl2N3O5/c16-8-1-3-11(18)10(5-8)15(22)25-7-14(21)19-12-4-2-9(17)6-13(12)20(23)24/h1-6H,7,18H2,(H,19,21). The SMILES string of the molecule is Nc1ccc(Cl)cc1C(=O)OCC(=O)Nc1ccc(Cl)cc1[N+](=O)[O-]. The smallest absolute Gasteiger partial charge is 0.340 e. The third-order valence-electron chi connectivity index (χ3n) is 3.00. The van der Waals surface area contributed by atoms with Crippen molar-refractivity contribution >= 4 is 52.1 Å². The number of carbonyl (C=O) groups is 2. The molecule has 10 heteroatoms. The van der Waals surface area contributed by atoms with Crippen LogP contribution in [0.4, 0.5) is 17.1 Å². The second-order valence-electron chi connectivity index (χ2n) is 4.77. The third kappa shape index (κ3) is 4.82. The second kappa shape index (κ2) is 7.82. The van der Waals surface area contributed by atoms with E-state index in [1.165, 1.54) is 30.3 Å². The summed E-state index contributed by atoms with van der Waals surface area (Å²) in [4.78, 5) is 34.1. The molecule has 1 amide bonds. The zero-order chi connectivity index (χ0) is 18.6. The molecule has 0 aliphatic carbocycles. The highest BCUT2D eigenvalue weighted by Gasteiger charge is 2.18. The summed E-state index contributed by atoms with van der Waals surface area (Å²) < 4.78 is 4.84. The molecule has 0 fully saturated rings. The molecule has 0 aromatic heterocycles. The number of esters is 1. The van der Waals surface area contributed by atoms with E-state index in [4.69, 9.17) is 33.7 Å². The van der Waals surface area contributed by atoms with Crippen LogP contribution in [0, 0.1) is 10.1 Å². The summed E-state index contributed by atoms with van der Waals surface area (Å²) in [5, 5.41) is 13.7. The van der Waals surface area contributed by atoms with Gasteiger partial charge in [0.15, 0.2) is 6.61 Å². The maximum Gasteiger partial charge on any atom is 0.340 e. The van der Waals surface area contributed by atoms with E-state index in [0.29, 0.717) is 0 Å². The Morgan fingerprint density at radius 3 is 2.48 bits per heavy atom. The van der Waals surface area contributed by atoms with Gasteiger partial charge >= 0.3 is 5.97 Å². The lowest BCUT2D eigenvalue weighted by Gasteiger charge is -2.09. The van der Waals surface area contributed by atoms with Gasteiger partial charge < -0.3 is 15.8 Å². The number of nitrogens with one attached hydrogen (secondary N) is 1. The van der Waals surface area contributed by atoms with E-state index in [0.717, 1.165) is 6.07 Å². The molecule has 0 atom stereocenters. The van der Waals surface area contributed by atoms with Crippen LogP contribution in [0.3, 0.4) is 0 Å². The van der Waals surface area contributed by atoms with Crippen molar-refractivity contribution in [2.24, 2.45) is 0 Å². The number of carbonyl (C=O) groups excluding carboxylic acids is 2. The molecule has 2 aromatic rings. The fraction of sp³-hybridized carbons (Fsp3) is 0.0667. The molecule has 0 aliphatic rings. The lowest BCUT2D eigenvalue weighted by Crippen LogP contribution is -2.21. The first-order chi connectivity index (χ1) is 11.8. The average Bonchev–Trinajstić information content (AvgIpc) is 2.56. The average molecular weight is 384 g/mol. The topological polar surface area (TPSA) is 125 Å². The van der Waals surface area contributed by atoms with Gasteiger partial charge in [-0.25, -0.2) is 4.79 Å². The Hall–Kier alpha value is -2.84. The van der Waals surface area contributed by atoms with Crippen LogP contribution in [0.5, 0.6) is 0 Å². The minimum Gasteiger partial charge on any atom is -0.452 e. The number of rotatable bonds is 5. The van der Waals surface area contributed by atoms with E-state index < -0.39 is 23.4 Å². The number of nitro benzene ring substituents is 1. The summed E-state index contributed by atoms with van der Waals surface area (Å²) in [6.07, 6.45) is 0. The second-order valence-corrected chi connectivity index (χ2v) is 5.65. The Kier molecular flexibility index (Phi) is 5.79. The number of halogens is 2. The molecule has 0 saturated carbocycles. The molecule has 0 bridgehead atoms. The van der Waals surface area contributed by atoms with E-state index in [9.17, 15) is 19.7 Å². The predicted octanol–water partition coefficient (Wildman–Crippen LogP) is 3.28. The fourth-order valence-electron chi connectivity index (χ4n) is 1.86. The van der Waals surface area contributed by atoms with Crippen molar-refractivity contribution in [2.75, 3.05) is 17.7 Å². The summed E-state index contributed by atoms with van der Waals surface area (Å²) in [5.74, 6) is -1.61. The van der Waals surface area contributed by atoms with E-state index in [1.54, 1.807) is 0 Å². The quantitative estimate of drug-likeness (QED) is 0.353. The van der Waals surface area contributed by atoms with Crippen molar-refractivity contribution in [1.82, 2.24) is 0 Å². The first-order valence-electron chi connectivity index (χ1n) is 6.74. The number of nitrogens with two attached hydrogens (primary N) is 1. The fourth-order valence-corrected chi connectivity index (χ4v) is 2.20. The highest BCUT2D eigenvalue weighted by molar-refractivity contribution is 6.31. The number of anilines is 2. The van der Waals surface area contributed by atoms with Crippen molar-refractivity contribution in [3.8, 4) is 0 Å². The molecule has 0 heterocycles. The zero-order valence-corrected chi connectivity index (χ0v) is 14.0. The van der Waals surface area contributed by atoms with Crippen molar-refractivity contribution in [3.05, 3.63) is 62.1 Å². The van der Waals surface area contributed by atoms with Gasteiger partial charge in [0.2, 0.25) is 0 Å². The first kappa shape index (κ1) is 18.5. The number of nitro groups is 1. The molecule has 8 nitrogen and oxygen atoms in total. The number of nitrogens with zero attached hydrogens (tertiary/aromatic N) is 1. The van der Waals surface area contributed by atoms with Gasteiger partial charge in [0.1, 0.15) is 5.69 Å². The molecule has 0 spiro atoms. The summed E-state index contributed by atoms with van der Waals surface area (Å²) >= 11 is 11.5. The van der Waals surface area contributed by atoms with Crippen LogP contribution in [-0.4, -0.2) is 23.4 Å². The number of amides is 1. The molecule has 0 unspecified atom stereocenters. The number of hydrogen-bond acceptors (Lipinski definition) is 6. The molecule has 0 radical (unpaired) electrons. The lowest BCUT2D eigenvalue weighted by atomic mass is 10.2. The van der Waals surface area contributed by atoms with E-state index >= 15 is 0 Å². The third-order valence-corrected chi connectivity index (χ3v) is 3.47. The summed E-state index contributed by atoms with van der Waals surface area (Å²) in [7, 11) is 0. The molecule has 2 rings (SSSR count). The highest BCUT2D eigenvalue weighted by Crippen LogP contribution is 2.27. The van der Waals surface area contributed by atoms with Crippen molar-refractivity contribution in [2.45, 2.75) is 0 Å². The molecular weight excluding hydrogens is 373 g/mol. The van der Waals surface area contributed by atoms with Crippen LogP contribution in [0.25, 0.3) is 0 Å². The number of benzene rings is 2. The molecule has 3 N–H and O–H groups in total. The largest absolute Gasteiger partial charge is 0.452 e. The molecule has 130 valence electrons. The van der Waals surface area contributed by atoms with Crippen LogP contribution < -0.4 is 11.1 Å². The minimum atomic E-state index is -0.847. The Bertz CT molecular complexity index is 857. The molecular formula is C15H11Cl2N3O5. The van der Waals surface area contributed by atoms with Gasteiger partial charge in [-0.2, -0.15) is 0 Å². The lowest BCUT2D eigenvalue weighted by molar-refractivity contribution is -0.383. The van der Waals surface area contributed by atoms with E-state index in [-0.39, 0.29) is 32.7 Å². The van der Waals surface area contributed by atoms with Gasteiger partial charge in [-0.1, -0.05) is 23.2 Å². The monoisotopic (exact) mass is 383 g/mol. The minimum absolute atomic E-state index is 0.0118. The Balaban J connectivity index is 2.03. The van der Waals surface area contributed by atoms with Crippen LogP contribution in [0.1, 0.15) is 10.4 Å². The van der Waals surface area contributed by atoms with Crippen molar-refractivity contribution in [1.29, 1.82) is 0 Å². The predicted molar refractivity (Wildman–Crippen MR) is 92.9 cm³/mol. The van der Waals surface area contributed by atoms with E-state index in [1.807, 2.05) is 0 Å². The molecule has 0 aliphatic heterocycles. The molecule has 2 aromatic carbocycles. The maximum absolute atomic E-state index is 11.9. The van der Waals surface area contributed by atoms with Gasteiger partial charge in [-0.05, 0) is 30.3 Å². The zero-order valence-electron chi connectivity index (χ0n) is 12.5. The number of hydrogen-bond donors (Lipinski definition) is 2. The number of ether oxygens (including phenoxy) is 1. The Labute approximate surface area is 151 Å². The van der Waals surface area contributed by atoms with Crippen LogP contribution in [-0.2, 0) is 9.53 Å². The van der Waals surface area contributed by atoms with Gasteiger partial charge in [-0.15, -0.1) is 0 Å². The van der Waals surface area contributed by atoms with Crippen LogP contribution in [0.15, 0.2) is 36.4 Å². The maximum atomic E-state index is 11.9. The number of nitrogen functional groups attached to an aromatic ring is 1. The van der Waals surface area contributed by atoms with Gasteiger partial charge in [0.25, 0.3) is 11.6 Å². The first-order valence-corrected chi connectivity index (χ1v) is 7.49. The van der Waals surface area contributed by atoms with E-state index in [2.05, 4.69) is 5.32 Å². The van der Waals surface area contributed by atoms with Gasteiger partial charge in [0.05, 0.1) is 10.5 Å². The molecule has 25 heavy (non-hydrogen) atoms. The van der Waals surface area contributed by atoms with Crippen molar-refractivity contribution < 1.29 is 19.2 Å². The Morgan fingerprint density at radius 1 is 1.16 bits per heavy atom. The summed E-state index contributed by atoms with van der Waals surface area (Å²) in [6, 6.07) is 7.98. The van der Waals surface area contributed by atoms with Gasteiger partial charge in [-0.3, -0.25) is 14.9 Å². The summed E-state index contributed by atoms with van der Waals surface area (Å²) in [5.41, 5.74) is 5.34. The highest BCUT2D eigenvalue weighted by atomic mass is 35.5. The normalized spacial score (nSPS) is 10.2. The summed E-state index contributed by atoms with van der Waals surface area (Å²) in [6.45, 7) is -0.662. The van der Waals surface area contributed by atoms with Crippen molar-refractivity contribution in [3.63, 3.8) is 0 Å². The van der Waals surface area contributed by atoms with Crippen LogP contribution in [0.2, 0.25) is 10.0 Å². The molecule has 0 saturated heterocycles. The Morgan fingerprint density at radius 2 is 1.80 bits per heavy atom. The van der Waals surface area contributed by atoms with Crippen LogP contribution >= 0.6 is 23.2 Å². The van der Waals surface area contributed by atoms with Gasteiger partial charge in [0, 0.05) is 21.8 Å².